The molecular weight excluding hydrogens is 172 g/mol. The minimum Gasteiger partial charge on any atom is -0.300 e. The second-order valence-electron chi connectivity index (χ2n) is 2.57. The van der Waals surface area contributed by atoms with Crippen LogP contribution in [0.1, 0.15) is 26.7 Å². The van der Waals surface area contributed by atoms with E-state index in [2.05, 4.69) is 29.7 Å². The van der Waals surface area contributed by atoms with Crippen LogP contribution in [0.5, 0.6) is 0 Å². The van der Waals surface area contributed by atoms with Crippen LogP contribution in [0.2, 0.25) is 0 Å². The van der Waals surface area contributed by atoms with Gasteiger partial charge in [0.25, 0.3) is 0 Å². The van der Waals surface area contributed by atoms with Gasteiger partial charge >= 0.3 is 0 Å². The fourth-order valence-corrected chi connectivity index (χ4v) is 1.07. The Morgan fingerprint density at radius 2 is 1.83 bits per heavy atom. The number of nitrogens with two attached hydrogens (primary N) is 1. The lowest BCUT2D eigenvalue weighted by Gasteiger charge is -2.22. The van der Waals surface area contributed by atoms with Gasteiger partial charge in [0.1, 0.15) is 0 Å². The molecule has 0 aliphatic heterocycles. The molecule has 0 atom stereocenters. The zero-order valence-corrected chi connectivity index (χ0v) is 8.58. The number of nitrogens with zero attached hydrogens (tertiary/aromatic N) is 1. The molecule has 5 heteroatoms. The topological polar surface area (TPSA) is 53.3 Å². The summed E-state index contributed by atoms with van der Waals surface area (Å²) in [6.07, 6.45) is 2.19. The molecule has 0 saturated heterocycles. The van der Waals surface area contributed by atoms with Crippen LogP contribution in [0.15, 0.2) is 0 Å². The van der Waals surface area contributed by atoms with Gasteiger partial charge in [-0.3, -0.25) is 10.9 Å². The molecule has 0 bridgehead atoms. The zero-order chi connectivity index (χ0) is 9.40. The van der Waals surface area contributed by atoms with Crippen LogP contribution in [0.25, 0.3) is 0 Å². The summed E-state index contributed by atoms with van der Waals surface area (Å²) in [6.45, 7) is 6.22. The van der Waals surface area contributed by atoms with Crippen molar-refractivity contribution in [2.75, 3.05) is 13.1 Å². The van der Waals surface area contributed by atoms with E-state index in [4.69, 9.17) is 18.1 Å². The molecule has 0 aromatic heterocycles. The molecular formula is C7H18N4S. The molecule has 0 aliphatic carbocycles. The van der Waals surface area contributed by atoms with Crippen LogP contribution in [-0.4, -0.2) is 23.2 Å². The molecule has 0 radical (unpaired) electrons. The number of hydrogen-bond acceptors (Lipinski definition) is 3. The number of rotatable bonds is 5. The maximum atomic E-state index is 5.13. The van der Waals surface area contributed by atoms with Crippen LogP contribution in [-0.2, 0) is 0 Å². The van der Waals surface area contributed by atoms with Gasteiger partial charge in [0.05, 0.1) is 0 Å². The van der Waals surface area contributed by atoms with Crippen molar-refractivity contribution in [3.8, 4) is 0 Å². The second kappa shape index (κ2) is 7.27. The number of thiocarbonyl (C=S) groups is 1. The van der Waals surface area contributed by atoms with Gasteiger partial charge in [-0.2, -0.15) is 0 Å². The molecule has 0 fully saturated rings. The summed E-state index contributed by atoms with van der Waals surface area (Å²) in [6, 6.07) is 0. The predicted molar refractivity (Wildman–Crippen MR) is 55.2 cm³/mol. The van der Waals surface area contributed by atoms with Gasteiger partial charge in [-0.05, 0) is 25.1 Å². The molecule has 0 aliphatic rings. The van der Waals surface area contributed by atoms with Gasteiger partial charge in [0.2, 0.25) is 0 Å². The number of hydrazine groups is 2. The minimum absolute atomic E-state index is 0.469. The van der Waals surface area contributed by atoms with Crippen molar-refractivity contribution < 1.29 is 0 Å². The maximum Gasteiger partial charge on any atom is 0.195 e. The van der Waals surface area contributed by atoms with Gasteiger partial charge in [-0.1, -0.05) is 13.8 Å². The van der Waals surface area contributed by atoms with E-state index >= 15 is 0 Å². The lowest BCUT2D eigenvalue weighted by atomic mass is 10.4. The highest BCUT2D eigenvalue weighted by Crippen LogP contribution is 1.88. The Morgan fingerprint density at radius 1 is 1.33 bits per heavy atom. The van der Waals surface area contributed by atoms with E-state index in [1.807, 2.05) is 0 Å². The third-order valence-corrected chi connectivity index (χ3v) is 1.59. The van der Waals surface area contributed by atoms with E-state index in [1.54, 1.807) is 0 Å². The summed E-state index contributed by atoms with van der Waals surface area (Å²) in [5.41, 5.74) is 5.39. The Kier molecular flexibility index (Phi) is 7.03. The van der Waals surface area contributed by atoms with E-state index in [0.29, 0.717) is 5.11 Å². The van der Waals surface area contributed by atoms with Gasteiger partial charge in [0.15, 0.2) is 5.11 Å². The van der Waals surface area contributed by atoms with Crippen molar-refractivity contribution in [1.82, 2.24) is 15.9 Å². The lowest BCUT2D eigenvalue weighted by molar-refractivity contribution is 0.235. The third-order valence-electron chi connectivity index (χ3n) is 1.38. The van der Waals surface area contributed by atoms with Crippen molar-refractivity contribution in [2.24, 2.45) is 5.84 Å². The highest BCUT2D eigenvalue weighted by Gasteiger charge is 2.01. The minimum atomic E-state index is 0.469. The molecule has 12 heavy (non-hydrogen) atoms. The first-order valence-corrected chi connectivity index (χ1v) is 4.67. The van der Waals surface area contributed by atoms with Crippen molar-refractivity contribution >= 4 is 17.3 Å². The van der Waals surface area contributed by atoms with Crippen molar-refractivity contribution in [3.63, 3.8) is 0 Å². The molecule has 0 spiro atoms. The summed E-state index contributed by atoms with van der Waals surface area (Å²) in [5.74, 6) is 5.13. The Labute approximate surface area is 79.4 Å². The van der Waals surface area contributed by atoms with E-state index in [0.717, 1.165) is 25.9 Å². The van der Waals surface area contributed by atoms with Gasteiger partial charge in [0, 0.05) is 13.1 Å². The first-order chi connectivity index (χ1) is 5.74. The first-order valence-electron chi connectivity index (χ1n) is 4.26. The Bertz CT molecular complexity index is 123. The summed E-state index contributed by atoms with van der Waals surface area (Å²) >= 11 is 4.87. The highest BCUT2D eigenvalue weighted by molar-refractivity contribution is 7.80. The van der Waals surface area contributed by atoms with Crippen LogP contribution >= 0.6 is 12.2 Å². The number of nitrogens with one attached hydrogen (secondary N) is 2. The van der Waals surface area contributed by atoms with Crippen molar-refractivity contribution in [1.29, 1.82) is 0 Å². The summed E-state index contributed by atoms with van der Waals surface area (Å²) in [4.78, 5) is 0. The summed E-state index contributed by atoms with van der Waals surface area (Å²) in [7, 11) is 0. The Balaban J connectivity index is 3.68. The van der Waals surface area contributed by atoms with Gasteiger partial charge < -0.3 is 0 Å². The van der Waals surface area contributed by atoms with Crippen molar-refractivity contribution in [2.45, 2.75) is 26.7 Å². The van der Waals surface area contributed by atoms with E-state index in [1.165, 1.54) is 0 Å². The van der Waals surface area contributed by atoms with E-state index in [9.17, 15) is 0 Å². The average molecular weight is 190 g/mol. The van der Waals surface area contributed by atoms with E-state index in [-0.39, 0.29) is 0 Å². The fourth-order valence-electron chi connectivity index (χ4n) is 0.939. The van der Waals surface area contributed by atoms with Crippen LogP contribution < -0.4 is 16.7 Å². The van der Waals surface area contributed by atoms with Crippen molar-refractivity contribution in [3.05, 3.63) is 0 Å². The van der Waals surface area contributed by atoms with E-state index < -0.39 is 0 Å². The van der Waals surface area contributed by atoms with Crippen LogP contribution in [0.4, 0.5) is 0 Å². The molecule has 72 valence electrons. The largest absolute Gasteiger partial charge is 0.300 e. The standard InChI is InChI=1S/C7H18N4S/c1-3-5-11(6-4-2)10-7(12)9-8/h3-6,8H2,1-2H3,(H2,9,10,12). The molecule has 0 aromatic carbocycles. The lowest BCUT2D eigenvalue weighted by Crippen LogP contribution is -2.49. The van der Waals surface area contributed by atoms with Gasteiger partial charge in [-0.15, -0.1) is 0 Å². The molecule has 0 aromatic rings. The smallest absolute Gasteiger partial charge is 0.195 e. The van der Waals surface area contributed by atoms with Gasteiger partial charge in [-0.25, -0.2) is 10.9 Å². The molecule has 4 N–H and O–H groups in total. The molecule has 0 unspecified atom stereocenters. The van der Waals surface area contributed by atoms with Crippen LogP contribution in [0, 0.1) is 0 Å². The van der Waals surface area contributed by atoms with Crippen LogP contribution in [0.3, 0.4) is 0 Å². The predicted octanol–water partition coefficient (Wildman–Crippen LogP) is 0.361. The quantitative estimate of drug-likeness (QED) is 0.332. The normalized spacial score (nSPS) is 10.0. The number of hydrogen-bond donors (Lipinski definition) is 3. The highest BCUT2D eigenvalue weighted by atomic mass is 32.1. The first kappa shape index (κ1) is 11.6. The third kappa shape index (κ3) is 5.29. The molecule has 0 rings (SSSR count). The monoisotopic (exact) mass is 190 g/mol. The fraction of sp³-hybridized carbons (Fsp3) is 0.857. The molecule has 0 saturated carbocycles. The zero-order valence-electron chi connectivity index (χ0n) is 7.76. The molecule has 0 heterocycles. The second-order valence-corrected chi connectivity index (χ2v) is 2.98. The Hall–Kier alpha value is -0.390. The summed E-state index contributed by atoms with van der Waals surface area (Å²) < 4.78 is 0. The SMILES string of the molecule is CCCN(CCC)NC(=S)NN. The average Bonchev–Trinajstić information content (AvgIpc) is 2.05. The molecule has 4 nitrogen and oxygen atoms in total. The molecule has 0 amide bonds. The summed E-state index contributed by atoms with van der Waals surface area (Å²) in [5, 5.41) is 2.53. The maximum absolute atomic E-state index is 5.13. The Morgan fingerprint density at radius 3 is 2.17 bits per heavy atom.